The van der Waals surface area contributed by atoms with E-state index < -0.39 is 5.72 Å². The van der Waals surface area contributed by atoms with Crippen LogP contribution in [0.2, 0.25) is 0 Å². The Labute approximate surface area is 156 Å². The lowest BCUT2D eigenvalue weighted by molar-refractivity contribution is -0.106. The molecule has 0 amide bonds. The van der Waals surface area contributed by atoms with E-state index in [0.717, 1.165) is 24.9 Å². The summed E-state index contributed by atoms with van der Waals surface area (Å²) in [4.78, 5) is 2.31. The summed E-state index contributed by atoms with van der Waals surface area (Å²) in [6, 6.07) is 8.74. The molecule has 1 aliphatic heterocycles. The molecule has 0 saturated heterocycles. The van der Waals surface area contributed by atoms with Crippen molar-refractivity contribution in [3.8, 4) is 0 Å². The van der Waals surface area contributed by atoms with Crippen LogP contribution >= 0.6 is 23.5 Å². The van der Waals surface area contributed by atoms with E-state index >= 15 is 0 Å². The highest BCUT2D eigenvalue weighted by Gasteiger charge is 2.44. The molecule has 4 heteroatoms. The third-order valence-corrected chi connectivity index (χ3v) is 7.28. The number of rotatable bonds is 10. The van der Waals surface area contributed by atoms with Crippen LogP contribution in [-0.4, -0.2) is 39.1 Å². The Balaban J connectivity index is 1.88. The van der Waals surface area contributed by atoms with Crippen LogP contribution in [0, 0.1) is 0 Å². The summed E-state index contributed by atoms with van der Waals surface area (Å²) in [7, 11) is 0. The van der Waals surface area contributed by atoms with Gasteiger partial charge in [0.15, 0.2) is 0 Å². The van der Waals surface area contributed by atoms with E-state index in [-0.39, 0.29) is 0 Å². The zero-order valence-electron chi connectivity index (χ0n) is 15.6. The molecule has 0 aromatic heterocycles. The Kier molecular flexibility index (Phi) is 7.99. The number of fused-ring (bicyclic) bond motifs is 1. The zero-order valence-corrected chi connectivity index (χ0v) is 17.3. The van der Waals surface area contributed by atoms with Gasteiger partial charge in [0.1, 0.15) is 5.72 Å². The summed E-state index contributed by atoms with van der Waals surface area (Å²) in [5.41, 5.74) is 1.56. The van der Waals surface area contributed by atoms with Gasteiger partial charge < -0.3 is 5.11 Å². The largest absolute Gasteiger partial charge is 0.372 e. The highest BCUT2D eigenvalue weighted by atomic mass is 32.2. The minimum Gasteiger partial charge on any atom is -0.372 e. The lowest BCUT2D eigenvalue weighted by Crippen LogP contribution is -2.41. The van der Waals surface area contributed by atoms with E-state index in [1.165, 1.54) is 29.2 Å². The van der Waals surface area contributed by atoms with Gasteiger partial charge in [0.25, 0.3) is 0 Å². The summed E-state index contributed by atoms with van der Waals surface area (Å²) in [5.74, 6) is 3.76. The molecule has 1 N–H and O–H groups in total. The first-order valence-electron chi connectivity index (χ1n) is 9.30. The number of aliphatic hydroxyl groups is 1. The van der Waals surface area contributed by atoms with Gasteiger partial charge in [0, 0.05) is 23.4 Å². The first-order chi connectivity index (χ1) is 11.5. The molecule has 1 aromatic rings. The lowest BCUT2D eigenvalue weighted by Gasteiger charge is -2.35. The van der Waals surface area contributed by atoms with Crippen molar-refractivity contribution in [2.75, 3.05) is 23.8 Å². The Hall–Kier alpha value is -0.160. The van der Waals surface area contributed by atoms with Crippen molar-refractivity contribution in [1.29, 1.82) is 0 Å². The van der Waals surface area contributed by atoms with Gasteiger partial charge in [-0.15, -0.1) is 0 Å². The summed E-state index contributed by atoms with van der Waals surface area (Å²) < 4.78 is 0. The van der Waals surface area contributed by atoms with Gasteiger partial charge in [0.05, 0.1) is 0 Å². The fourth-order valence-electron chi connectivity index (χ4n) is 3.65. The number of nitrogens with zero attached hydrogens (tertiary/aromatic N) is 1. The molecule has 0 bridgehead atoms. The van der Waals surface area contributed by atoms with Gasteiger partial charge in [-0.05, 0) is 49.0 Å². The van der Waals surface area contributed by atoms with Crippen molar-refractivity contribution in [3.05, 3.63) is 35.4 Å². The molecule has 3 unspecified atom stereocenters. The van der Waals surface area contributed by atoms with Crippen LogP contribution in [0.5, 0.6) is 0 Å². The fourth-order valence-corrected chi connectivity index (χ4v) is 5.46. The first kappa shape index (κ1) is 20.2. The molecule has 0 fully saturated rings. The van der Waals surface area contributed by atoms with Crippen LogP contribution in [0.1, 0.15) is 64.1 Å². The van der Waals surface area contributed by atoms with E-state index in [1.807, 2.05) is 24.8 Å². The molecular weight excluding hydrogens is 334 g/mol. The summed E-state index contributed by atoms with van der Waals surface area (Å²) in [6.45, 7) is 9.69. The molecular formula is C20H33NOS2. The van der Waals surface area contributed by atoms with Gasteiger partial charge in [-0.1, -0.05) is 45.0 Å². The van der Waals surface area contributed by atoms with Crippen molar-refractivity contribution >= 4 is 23.5 Å². The summed E-state index contributed by atoms with van der Waals surface area (Å²) in [5, 5.41) is 11.8. The fraction of sp³-hybridized carbons (Fsp3) is 0.700. The van der Waals surface area contributed by atoms with Crippen molar-refractivity contribution in [2.45, 2.75) is 64.0 Å². The normalized spacial score (nSPS) is 25.0. The Morgan fingerprint density at radius 3 is 2.71 bits per heavy atom. The lowest BCUT2D eigenvalue weighted by atomic mass is 10.00. The van der Waals surface area contributed by atoms with Crippen LogP contribution in [0.15, 0.2) is 24.3 Å². The van der Waals surface area contributed by atoms with Gasteiger partial charge in [-0.2, -0.15) is 23.5 Å². The van der Waals surface area contributed by atoms with Crippen molar-refractivity contribution in [3.63, 3.8) is 0 Å². The van der Waals surface area contributed by atoms with E-state index in [4.69, 9.17) is 0 Å². The molecule has 1 heterocycles. The van der Waals surface area contributed by atoms with Crippen molar-refractivity contribution in [1.82, 2.24) is 4.90 Å². The maximum atomic E-state index is 11.1. The van der Waals surface area contributed by atoms with Gasteiger partial charge in [-0.25, -0.2) is 0 Å². The van der Waals surface area contributed by atoms with Crippen LogP contribution in [0.25, 0.3) is 0 Å². The van der Waals surface area contributed by atoms with Crippen LogP contribution < -0.4 is 0 Å². The Morgan fingerprint density at radius 1 is 1.25 bits per heavy atom. The maximum absolute atomic E-state index is 11.1. The van der Waals surface area contributed by atoms with E-state index in [9.17, 15) is 5.11 Å². The average molecular weight is 368 g/mol. The minimum absolute atomic E-state index is 0.342. The zero-order chi connectivity index (χ0) is 17.6. The topological polar surface area (TPSA) is 23.5 Å². The molecule has 0 aliphatic carbocycles. The molecule has 1 aromatic carbocycles. The quantitative estimate of drug-likeness (QED) is 0.569. The number of hydrogen-bond acceptors (Lipinski definition) is 4. The Bertz CT molecular complexity index is 506. The standard InChI is InChI=1S/C20H33NOS2/c1-5-19-17-10-7-8-11-18(17)20(4,22)21(19)13-12-16(3)24-15-9-14-23-6-2/h7-8,10-11,16,19,22H,5-6,9,12-15H2,1-4H3. The molecule has 1 aliphatic rings. The van der Waals surface area contributed by atoms with Gasteiger partial charge in [-0.3, -0.25) is 4.90 Å². The van der Waals surface area contributed by atoms with Crippen molar-refractivity contribution in [2.24, 2.45) is 0 Å². The predicted octanol–water partition coefficient (Wildman–Crippen LogP) is 5.27. The molecule has 2 rings (SSSR count). The molecule has 136 valence electrons. The maximum Gasteiger partial charge on any atom is 0.142 e. The van der Waals surface area contributed by atoms with E-state index in [2.05, 4.69) is 55.6 Å². The number of benzene rings is 1. The third kappa shape index (κ3) is 4.72. The monoisotopic (exact) mass is 367 g/mol. The first-order valence-corrected chi connectivity index (χ1v) is 11.5. The molecule has 0 spiro atoms. The number of thioether (sulfide) groups is 2. The highest BCUT2D eigenvalue weighted by Crippen LogP contribution is 2.46. The molecule has 2 nitrogen and oxygen atoms in total. The number of hydrogen-bond donors (Lipinski definition) is 1. The van der Waals surface area contributed by atoms with Gasteiger partial charge >= 0.3 is 0 Å². The minimum atomic E-state index is -0.834. The van der Waals surface area contributed by atoms with Crippen molar-refractivity contribution < 1.29 is 5.11 Å². The molecule has 0 radical (unpaired) electrons. The van der Waals surface area contributed by atoms with E-state index in [1.54, 1.807) is 0 Å². The molecule has 24 heavy (non-hydrogen) atoms. The second kappa shape index (κ2) is 9.51. The van der Waals surface area contributed by atoms with Gasteiger partial charge in [0.2, 0.25) is 0 Å². The molecule has 3 atom stereocenters. The second-order valence-electron chi connectivity index (χ2n) is 6.75. The predicted molar refractivity (Wildman–Crippen MR) is 110 cm³/mol. The van der Waals surface area contributed by atoms with Crippen LogP contribution in [0.3, 0.4) is 0 Å². The average Bonchev–Trinajstić information content (AvgIpc) is 2.79. The highest BCUT2D eigenvalue weighted by molar-refractivity contribution is 8.00. The van der Waals surface area contributed by atoms with Crippen LogP contribution in [-0.2, 0) is 5.72 Å². The third-order valence-electron chi connectivity index (χ3n) is 4.97. The summed E-state index contributed by atoms with van der Waals surface area (Å²) >= 11 is 4.12. The van der Waals surface area contributed by atoms with E-state index in [0.29, 0.717) is 11.3 Å². The summed E-state index contributed by atoms with van der Waals surface area (Å²) in [6.07, 6.45) is 3.48. The Morgan fingerprint density at radius 2 is 2.00 bits per heavy atom. The second-order valence-corrected chi connectivity index (χ2v) is 9.69. The van der Waals surface area contributed by atoms with Crippen LogP contribution in [0.4, 0.5) is 0 Å². The molecule has 0 saturated carbocycles. The smallest absolute Gasteiger partial charge is 0.142 e. The SMILES string of the molecule is CCSCCCSC(C)CCN1C(CC)c2ccccc2C1(C)O.